The number of hydrogen-bond acceptors (Lipinski definition) is 25. The molecule has 6 aliphatic heterocycles. The molecule has 788 valence electrons. The summed E-state index contributed by atoms with van der Waals surface area (Å²) in [7, 11) is 1.74. The zero-order valence-corrected chi connectivity index (χ0v) is 92.9. The molecule has 37 heteroatoms. The fourth-order valence-electron chi connectivity index (χ4n) is 22.4. The number of imidazole rings is 1. The average Bonchev–Trinajstić information content (AvgIpc) is 1.62. The van der Waals surface area contributed by atoms with Gasteiger partial charge in [0.25, 0.3) is 0 Å². The second-order valence-corrected chi connectivity index (χ2v) is 46.3. The van der Waals surface area contributed by atoms with Gasteiger partial charge in [0.1, 0.15) is 64.7 Å². The Bertz CT molecular complexity index is 6690. The molecule has 8 amide bonds. The maximum atomic E-state index is 14.0. The van der Waals surface area contributed by atoms with Crippen LogP contribution in [0.2, 0.25) is 0 Å². The second kappa shape index (κ2) is 50.1. The van der Waals surface area contributed by atoms with Crippen molar-refractivity contribution in [3.63, 3.8) is 0 Å². The molecule has 8 fully saturated rings. The maximum absolute atomic E-state index is 14.0. The predicted octanol–water partition coefficient (Wildman–Crippen LogP) is 20.8. The van der Waals surface area contributed by atoms with Gasteiger partial charge in [-0.2, -0.15) is 4.52 Å². The van der Waals surface area contributed by atoms with Gasteiger partial charge in [-0.1, -0.05) is 141 Å². The Balaban J connectivity index is 0.000000130. The van der Waals surface area contributed by atoms with Gasteiger partial charge in [0.15, 0.2) is 5.65 Å². The number of rotatable bonds is 28. The molecule has 16 heterocycles. The lowest BCUT2D eigenvalue weighted by Crippen LogP contribution is -2.56. The Kier molecular flexibility index (Phi) is 36.3. The minimum Gasteiger partial charge on any atom is -0.381 e. The van der Waals surface area contributed by atoms with E-state index in [1.807, 2.05) is 177 Å². The molecule has 13 aromatic rings. The normalized spacial score (nSPS) is 20.2. The van der Waals surface area contributed by atoms with Crippen LogP contribution in [0.5, 0.6) is 0 Å². The van der Waals surface area contributed by atoms with Gasteiger partial charge in [-0.05, 0) is 257 Å². The van der Waals surface area contributed by atoms with Crippen molar-refractivity contribution in [3.05, 3.63) is 172 Å². The molecule has 3 aromatic carbocycles. The first-order chi connectivity index (χ1) is 72.4. The van der Waals surface area contributed by atoms with Gasteiger partial charge < -0.3 is 55.7 Å². The average molecular weight is 2230 g/mol. The molecule has 6 saturated heterocycles. The molecule has 0 unspecified atom stereocenters. The van der Waals surface area contributed by atoms with Crippen LogP contribution < -0.4 is 26.6 Å². The number of tetrazole rings is 1. The molecule has 0 radical (unpaired) electrons. The van der Waals surface area contributed by atoms with E-state index in [1.54, 1.807) is 63.8 Å². The van der Waals surface area contributed by atoms with Crippen molar-refractivity contribution < 1.29 is 47.8 Å². The Morgan fingerprint density at radius 3 is 1.15 bits per heavy atom. The molecule has 21 rings (SSSR count). The largest absolute Gasteiger partial charge is 0.381 e. The maximum Gasteiger partial charge on any atom is 0.246 e. The van der Waals surface area contributed by atoms with Crippen LogP contribution in [-0.2, 0) is 47.8 Å². The number of nitrogens with one attached hydrogen (secondary N) is 5. The lowest BCUT2D eigenvalue weighted by Gasteiger charge is -2.35. The summed E-state index contributed by atoms with van der Waals surface area (Å²) in [6.45, 7) is 20.9. The summed E-state index contributed by atoms with van der Waals surface area (Å²) in [5, 5.41) is 42.8. The first kappa shape index (κ1) is 108. The Labute approximate surface area is 903 Å². The molecule has 10 aromatic heterocycles. The van der Waals surface area contributed by atoms with Gasteiger partial charge in [-0.15, -0.1) is 50.4 Å². The van der Waals surface area contributed by atoms with Crippen LogP contribution >= 0.6 is 77.2 Å². The van der Waals surface area contributed by atoms with E-state index in [9.17, 15) is 38.4 Å². The van der Waals surface area contributed by atoms with Gasteiger partial charge >= 0.3 is 0 Å². The molecule has 0 spiro atoms. The topological polar surface area (TPSA) is 366 Å². The van der Waals surface area contributed by atoms with E-state index in [4.69, 9.17) is 29.4 Å². The van der Waals surface area contributed by atoms with E-state index in [2.05, 4.69) is 122 Å². The highest BCUT2D eigenvalue weighted by Crippen LogP contribution is 2.46. The van der Waals surface area contributed by atoms with Gasteiger partial charge in [0.05, 0.1) is 75.2 Å². The van der Waals surface area contributed by atoms with Crippen molar-refractivity contribution in [2.24, 2.45) is 41.4 Å². The number of fused-ring (bicyclic) bond motifs is 6. The number of pyridine rings is 4. The number of amides is 8. The number of aryl methyl sites for hydroxylation is 1. The van der Waals surface area contributed by atoms with Crippen molar-refractivity contribution in [2.45, 2.75) is 270 Å². The number of thiazole rings is 4. The molecule has 12 atom stereocenters. The zero-order valence-electron chi connectivity index (χ0n) is 86.5. The number of nitrogens with zero attached hydrogens (tertiary/aromatic N) is 16. The minimum absolute atomic E-state index is 0.00297. The van der Waals surface area contributed by atoms with Crippen molar-refractivity contribution in [1.82, 2.24) is 106 Å². The number of carbonyl (C=O) groups is 8. The number of likely N-dealkylation sites (N-methyl/N-ethyl adjacent to an activating group) is 1. The number of halogens is 2. The van der Waals surface area contributed by atoms with Crippen LogP contribution in [0.3, 0.4) is 0 Å². The molecular weight excluding hydrogens is 2090 g/mol. The number of likely N-dealkylation sites (tertiary alicyclic amines) is 4. The quantitative estimate of drug-likeness (QED) is 0.0284. The van der Waals surface area contributed by atoms with Crippen LogP contribution in [0, 0.1) is 48.3 Å². The smallest absolute Gasteiger partial charge is 0.246 e. The van der Waals surface area contributed by atoms with Crippen molar-refractivity contribution in [1.29, 1.82) is 0 Å². The van der Waals surface area contributed by atoms with E-state index in [0.717, 1.165) is 273 Å². The molecule has 2 saturated carbocycles. The van der Waals surface area contributed by atoms with Gasteiger partial charge in [0.2, 0.25) is 47.3 Å². The molecule has 5 N–H and O–H groups in total. The number of aromatic nitrogens is 12. The number of benzene rings is 3. The lowest BCUT2D eigenvalue weighted by molar-refractivity contribution is -0.140. The molecule has 31 nitrogen and oxygen atoms in total. The summed E-state index contributed by atoms with van der Waals surface area (Å²) in [6, 6.07) is 33.4. The fraction of sp³-hybridized carbons (Fsp3) is 0.518. The summed E-state index contributed by atoms with van der Waals surface area (Å²) >= 11 is 13.5. The summed E-state index contributed by atoms with van der Waals surface area (Å²) < 4.78 is 16.4. The summed E-state index contributed by atoms with van der Waals surface area (Å²) in [5.41, 5.74) is 12.8. The number of ether oxygens (including phenoxy) is 2. The van der Waals surface area contributed by atoms with Crippen molar-refractivity contribution in [3.8, 4) is 45.2 Å². The highest BCUT2D eigenvalue weighted by Gasteiger charge is 2.47. The second-order valence-electron chi connectivity index (χ2n) is 41.1. The van der Waals surface area contributed by atoms with Crippen LogP contribution in [0.25, 0.3) is 89.2 Å². The zero-order chi connectivity index (χ0) is 104. The Morgan fingerprint density at radius 1 is 0.396 bits per heavy atom. The third-order valence-corrected chi connectivity index (χ3v) is 36.3. The third-order valence-electron chi connectivity index (χ3n) is 31.7. The van der Waals surface area contributed by atoms with Crippen LogP contribution in [0.15, 0.2) is 146 Å². The monoisotopic (exact) mass is 2220 g/mol. The Morgan fingerprint density at radius 2 is 0.752 bits per heavy atom. The minimum atomic E-state index is -0.580. The van der Waals surface area contributed by atoms with Crippen LogP contribution in [0.1, 0.15) is 259 Å². The number of hydrogen-bond donors (Lipinski definition) is 5. The third kappa shape index (κ3) is 24.6. The van der Waals surface area contributed by atoms with E-state index in [0.29, 0.717) is 51.7 Å². The van der Waals surface area contributed by atoms with Gasteiger partial charge in [-0.3, -0.25) is 42.8 Å². The van der Waals surface area contributed by atoms with E-state index < -0.39 is 24.2 Å². The number of para-hydroxylation sites is 3. The standard InChI is InChI=1S/C29H35BrN4O2S.C28H33BrN4O3S.C28H37N5O2S.C27H32N8O3S/c1-3-18(2)27(35)33-26(19-10-5-4-6-11-19)29(36)34-15-9-14-24(34)28-32-23(17-37-28)21-16-25(30)31-22-13-8-7-12-20(21)22;1-3-17(2)26(34)32-25(18-10-13-36-14-11-18)28(35)33-12-6-9-23(33)27-31-22(16-37-27)20-15-24(29)30-21-8-5-4-7-19(20)21;1-4-18(2)26(34)31-24(20-11-6-5-7-12-20)28(35)32-16-10-13-22(32)27-30-21(17-36-27)25-19(3)29-23-14-8-9-15-33(23)25;1-16(28-2)25(36)30-24(17-9-12-38-13-10-17)27(37)34-11-5-8-22(34)26-29-20(15-39-26)19-14-23-31-32-33-35(23)21-7-4-3-6-18(19)21/h7-8,12-13,16-19,24,26H,3-6,9-11,14-15H2,1-2H3,(H,33,35);4-5,7-8,15-18,23,25H,3,6,9-14H2,1-2H3,(H,32,34);8-9,14-15,17-18,20,22,24H,4-7,10-13,16H2,1-3H3,(H,31,34);3-4,6-7,14-17,22,24,28H,5,8-13H2,1-2H3,(H,30,36)/t18-,24+,26+;17-,23+,25+;18-,22+,24+;16-,22-,24-/m1110/s1. The molecule has 8 aliphatic rings. The first-order valence-corrected chi connectivity index (χ1v) is 58.8. The molecule has 0 bridgehead atoms. The fourth-order valence-corrected chi connectivity index (χ4v) is 27.1. The summed E-state index contributed by atoms with van der Waals surface area (Å²) in [6.07, 6.45) is 25.6. The predicted molar refractivity (Wildman–Crippen MR) is 591 cm³/mol. The molecular formula is C112H137Br2N21O10S4. The van der Waals surface area contributed by atoms with E-state index in [1.165, 1.54) is 12.8 Å². The van der Waals surface area contributed by atoms with Crippen LogP contribution in [-0.4, -0.2) is 216 Å². The van der Waals surface area contributed by atoms with Crippen LogP contribution in [0.4, 0.5) is 0 Å². The number of carbonyl (C=O) groups excluding carboxylic acids is 8. The summed E-state index contributed by atoms with van der Waals surface area (Å²) in [4.78, 5) is 149. The van der Waals surface area contributed by atoms with Crippen molar-refractivity contribution >= 4 is 168 Å². The van der Waals surface area contributed by atoms with Gasteiger partial charge in [0, 0.05) is 131 Å². The van der Waals surface area contributed by atoms with E-state index >= 15 is 0 Å². The molecule has 149 heavy (non-hydrogen) atoms. The summed E-state index contributed by atoms with van der Waals surface area (Å²) in [5.74, 6) is 0.155. The van der Waals surface area contributed by atoms with Gasteiger partial charge in [-0.25, -0.2) is 34.9 Å². The van der Waals surface area contributed by atoms with E-state index in [-0.39, 0.29) is 119 Å². The first-order valence-electron chi connectivity index (χ1n) is 53.7. The van der Waals surface area contributed by atoms with Crippen molar-refractivity contribution in [2.75, 3.05) is 59.7 Å². The molecule has 2 aliphatic carbocycles. The Hall–Kier alpha value is -10.9. The lowest BCUT2D eigenvalue weighted by atomic mass is 9.83. The highest BCUT2D eigenvalue weighted by molar-refractivity contribution is 9.10. The highest BCUT2D eigenvalue weighted by atomic mass is 79.9. The SMILES string of the molecule is CC[C@@H](C)C(=O)N[C@H](C(=O)N1CCC[C@H]1c1nc(-c2c(C)nc3ccccn23)cs1)C1CCCCC1.CC[C@@H](C)C(=O)N[C@H](C(=O)N1CCC[C@H]1c1nc(-c2cc(Br)nc3ccccc23)cs1)C1CCCCC1.CC[C@@H](C)C(=O)N[C@H](C(=O)N1CCC[C@H]1c1nc(-c2cc(Br)nc3ccccc23)cs1)C1CCOCC1.CN[C@@H](C)C(=O)N[C@H](C(=O)N1CCC[C@H]1c1nc(-c2cc3nnnn3c3ccccc23)cs1)C1CCOCC1.